The molecular weight excluding hydrogens is 525 g/mol. The molecule has 33 heavy (non-hydrogen) atoms. The molecule has 1 N–H and O–H groups in total. The number of anilines is 3. The van der Waals surface area contributed by atoms with Gasteiger partial charge in [0.2, 0.25) is 5.91 Å². The molecular formula is C27H30IN3O2. The molecule has 0 unspecified atom stereocenters. The van der Waals surface area contributed by atoms with Gasteiger partial charge in [-0.3, -0.25) is 9.59 Å². The van der Waals surface area contributed by atoms with Crippen LogP contribution >= 0.6 is 22.6 Å². The van der Waals surface area contributed by atoms with E-state index in [-0.39, 0.29) is 11.8 Å². The van der Waals surface area contributed by atoms with Crippen LogP contribution in [0.3, 0.4) is 0 Å². The van der Waals surface area contributed by atoms with E-state index in [4.69, 9.17) is 0 Å². The third-order valence-corrected chi connectivity index (χ3v) is 9.30. The first-order valence-corrected chi connectivity index (χ1v) is 13.3. The fraction of sp³-hybridized carbons (Fsp3) is 0.481. The molecule has 2 aromatic rings. The van der Waals surface area contributed by atoms with E-state index in [1.54, 1.807) is 4.90 Å². The zero-order valence-corrected chi connectivity index (χ0v) is 21.3. The van der Waals surface area contributed by atoms with Crippen molar-refractivity contribution in [3.8, 4) is 0 Å². The highest BCUT2D eigenvalue weighted by atomic mass is 127. The summed E-state index contributed by atoms with van der Waals surface area (Å²) in [7, 11) is 1.87. The molecule has 2 aromatic carbocycles. The molecule has 5 nitrogen and oxygen atoms in total. The molecule has 0 atom stereocenters. The lowest BCUT2D eigenvalue weighted by Gasteiger charge is -2.35. The number of carbonyl (C=O) groups is 2. The van der Waals surface area contributed by atoms with Crippen LogP contribution in [0.15, 0.2) is 36.4 Å². The fourth-order valence-corrected chi connectivity index (χ4v) is 6.83. The number of hydrogen-bond donors (Lipinski definition) is 1. The lowest BCUT2D eigenvalue weighted by molar-refractivity contribution is -0.122. The number of nitrogens with zero attached hydrogens (tertiary/aromatic N) is 2. The molecule has 2 heterocycles. The van der Waals surface area contributed by atoms with Crippen molar-refractivity contribution in [3.63, 3.8) is 0 Å². The summed E-state index contributed by atoms with van der Waals surface area (Å²) < 4.78 is 1.15. The van der Waals surface area contributed by atoms with Crippen LogP contribution in [-0.2, 0) is 10.2 Å². The quantitative estimate of drug-likeness (QED) is 0.494. The van der Waals surface area contributed by atoms with Crippen molar-refractivity contribution in [1.29, 1.82) is 0 Å². The topological polar surface area (TPSA) is 52.7 Å². The highest BCUT2D eigenvalue weighted by Crippen LogP contribution is 2.54. The van der Waals surface area contributed by atoms with Gasteiger partial charge < -0.3 is 15.1 Å². The van der Waals surface area contributed by atoms with Crippen LogP contribution in [0.25, 0.3) is 0 Å². The van der Waals surface area contributed by atoms with Gasteiger partial charge in [0.1, 0.15) is 0 Å². The Morgan fingerprint density at radius 2 is 1.67 bits per heavy atom. The average molecular weight is 555 g/mol. The minimum Gasteiger partial charge on any atom is -0.371 e. The summed E-state index contributed by atoms with van der Waals surface area (Å²) >= 11 is 2.33. The van der Waals surface area contributed by atoms with Crippen LogP contribution < -0.4 is 15.1 Å². The van der Waals surface area contributed by atoms with E-state index in [1.165, 1.54) is 25.7 Å². The molecule has 2 amide bonds. The zero-order valence-electron chi connectivity index (χ0n) is 19.1. The van der Waals surface area contributed by atoms with Crippen molar-refractivity contribution in [3.05, 3.63) is 51.1 Å². The summed E-state index contributed by atoms with van der Waals surface area (Å²) in [5.41, 5.74) is 4.81. The minimum absolute atomic E-state index is 0.0776. The standard InChI is InChI=1S/C27H30IN3O2/c1-30-22-7-5-19(17-21(22)27(25(30)33)8-2-3-9-27)29-24(32)20-6-4-18(28)16-23(20)31-14-12-26(10-11-26)13-15-31/h4-7,16-17H,2-3,8-15H2,1H3,(H,29,32). The highest BCUT2D eigenvalue weighted by molar-refractivity contribution is 14.1. The predicted molar refractivity (Wildman–Crippen MR) is 140 cm³/mol. The molecule has 172 valence electrons. The second-order valence-electron chi connectivity index (χ2n) is 10.5. The summed E-state index contributed by atoms with van der Waals surface area (Å²) in [4.78, 5) is 30.7. The van der Waals surface area contributed by atoms with Gasteiger partial charge in [-0.05, 0) is 108 Å². The van der Waals surface area contributed by atoms with Gasteiger partial charge in [0.05, 0.1) is 16.7 Å². The Morgan fingerprint density at radius 3 is 2.36 bits per heavy atom. The molecule has 2 saturated carbocycles. The lowest BCUT2D eigenvalue weighted by Crippen LogP contribution is -2.36. The van der Waals surface area contributed by atoms with Crippen LogP contribution in [0, 0.1) is 8.99 Å². The molecule has 2 aliphatic carbocycles. The highest BCUT2D eigenvalue weighted by Gasteiger charge is 2.51. The van der Waals surface area contributed by atoms with Crippen molar-refractivity contribution >= 4 is 51.5 Å². The Labute approximate surface area is 209 Å². The Kier molecular flexibility index (Phi) is 5.02. The van der Waals surface area contributed by atoms with Gasteiger partial charge in [-0.1, -0.05) is 12.8 Å². The van der Waals surface area contributed by atoms with E-state index in [0.717, 1.165) is 70.5 Å². The molecule has 1 saturated heterocycles. The molecule has 0 bridgehead atoms. The molecule has 0 radical (unpaired) electrons. The second kappa shape index (κ2) is 7.72. The summed E-state index contributed by atoms with van der Waals surface area (Å²) in [6, 6.07) is 12.1. The number of fused-ring (bicyclic) bond motifs is 2. The van der Waals surface area contributed by atoms with Crippen molar-refractivity contribution in [2.75, 3.05) is 35.3 Å². The summed E-state index contributed by atoms with van der Waals surface area (Å²) in [5.74, 6) is 0.128. The second-order valence-corrected chi connectivity index (χ2v) is 11.7. The van der Waals surface area contributed by atoms with Crippen LogP contribution in [0.1, 0.15) is 67.3 Å². The molecule has 2 aliphatic heterocycles. The van der Waals surface area contributed by atoms with E-state index in [2.05, 4.69) is 38.9 Å². The molecule has 2 spiro atoms. The van der Waals surface area contributed by atoms with Crippen molar-refractivity contribution in [2.24, 2.45) is 5.41 Å². The fourth-order valence-electron chi connectivity index (χ4n) is 6.35. The minimum atomic E-state index is -0.397. The van der Waals surface area contributed by atoms with E-state index < -0.39 is 5.41 Å². The number of amides is 2. The van der Waals surface area contributed by atoms with Gasteiger partial charge in [-0.2, -0.15) is 0 Å². The maximum absolute atomic E-state index is 13.5. The van der Waals surface area contributed by atoms with Crippen molar-refractivity contribution < 1.29 is 9.59 Å². The van der Waals surface area contributed by atoms with E-state index in [0.29, 0.717) is 5.41 Å². The van der Waals surface area contributed by atoms with Crippen LogP contribution in [0.4, 0.5) is 17.1 Å². The van der Waals surface area contributed by atoms with Gasteiger partial charge in [0, 0.05) is 35.1 Å². The van der Waals surface area contributed by atoms with E-state index in [9.17, 15) is 9.59 Å². The number of likely N-dealkylation sites (N-methyl/N-ethyl adjacent to an activating group) is 1. The maximum Gasteiger partial charge on any atom is 0.257 e. The van der Waals surface area contributed by atoms with Gasteiger partial charge in [-0.15, -0.1) is 0 Å². The Bertz CT molecular complexity index is 1140. The Morgan fingerprint density at radius 1 is 0.939 bits per heavy atom. The maximum atomic E-state index is 13.5. The third kappa shape index (κ3) is 3.47. The van der Waals surface area contributed by atoms with Gasteiger partial charge in [0.25, 0.3) is 5.91 Å². The van der Waals surface area contributed by atoms with Gasteiger partial charge in [-0.25, -0.2) is 0 Å². The largest absolute Gasteiger partial charge is 0.371 e. The zero-order chi connectivity index (χ0) is 22.8. The van der Waals surface area contributed by atoms with E-state index >= 15 is 0 Å². The van der Waals surface area contributed by atoms with Crippen molar-refractivity contribution in [1.82, 2.24) is 0 Å². The van der Waals surface area contributed by atoms with E-state index in [1.807, 2.05) is 37.4 Å². The summed E-state index contributed by atoms with van der Waals surface area (Å²) in [6.45, 7) is 2.05. The predicted octanol–water partition coefficient (Wildman–Crippen LogP) is 5.71. The van der Waals surface area contributed by atoms with Gasteiger partial charge >= 0.3 is 0 Å². The molecule has 0 aromatic heterocycles. The average Bonchev–Trinajstić information content (AvgIpc) is 3.31. The summed E-state index contributed by atoms with van der Waals surface area (Å²) in [6.07, 6.45) is 9.17. The summed E-state index contributed by atoms with van der Waals surface area (Å²) in [5, 5.41) is 3.15. The van der Waals surface area contributed by atoms with Crippen LogP contribution in [0.2, 0.25) is 0 Å². The number of carbonyl (C=O) groups excluding carboxylic acids is 2. The molecule has 6 heteroatoms. The van der Waals surface area contributed by atoms with Crippen molar-refractivity contribution in [2.45, 2.75) is 56.8 Å². The normalized spacial score (nSPS) is 22.2. The molecule has 4 aliphatic rings. The molecule has 3 fully saturated rings. The Balaban J connectivity index is 1.28. The number of nitrogens with one attached hydrogen (secondary N) is 1. The monoisotopic (exact) mass is 555 g/mol. The van der Waals surface area contributed by atoms with Crippen LogP contribution in [0.5, 0.6) is 0 Å². The third-order valence-electron chi connectivity index (χ3n) is 8.63. The first-order chi connectivity index (χ1) is 15.9. The van der Waals surface area contributed by atoms with Crippen LogP contribution in [-0.4, -0.2) is 32.0 Å². The number of benzene rings is 2. The smallest absolute Gasteiger partial charge is 0.257 e. The molecule has 6 rings (SSSR count). The SMILES string of the molecule is CN1C(=O)C2(CCCC2)c2cc(NC(=O)c3ccc(I)cc3N3CCC4(CC3)CC4)ccc21. The number of halogens is 1. The first-order valence-electron chi connectivity index (χ1n) is 12.2. The number of piperidine rings is 1. The first kappa shape index (κ1) is 21.4. The number of rotatable bonds is 3. The lowest BCUT2D eigenvalue weighted by atomic mass is 9.80. The number of hydrogen-bond acceptors (Lipinski definition) is 3. The van der Waals surface area contributed by atoms with Gasteiger partial charge in [0.15, 0.2) is 0 Å². The Hall–Kier alpha value is -2.09.